The number of carbonyl (C=O) groups is 1. The van der Waals surface area contributed by atoms with Gasteiger partial charge in [-0.25, -0.2) is 4.68 Å². The fraction of sp³-hybridized carbons (Fsp3) is 0.333. The first kappa shape index (κ1) is 13.6. The average Bonchev–Trinajstić information content (AvgIpc) is 3.16. The molecule has 1 amide bonds. The standard InChI is InChI=1S/C15H18N4O2/c1-21-11-6-8-18(10-11)15(20)13-7-9-19(17-13)14-5-3-2-4-12(14)16/h2-5,7,9,11H,6,8,10,16H2,1H3. The predicted octanol–water partition coefficient (Wildman–Crippen LogP) is 1.32. The molecule has 0 saturated carbocycles. The van der Waals surface area contributed by atoms with Crippen molar-refractivity contribution in [2.45, 2.75) is 12.5 Å². The van der Waals surface area contributed by atoms with E-state index in [1.807, 2.05) is 24.3 Å². The number of para-hydroxylation sites is 2. The third-order valence-corrected chi connectivity index (χ3v) is 3.76. The number of hydrogen-bond donors (Lipinski definition) is 1. The zero-order chi connectivity index (χ0) is 14.8. The Morgan fingerprint density at radius 3 is 2.90 bits per heavy atom. The summed E-state index contributed by atoms with van der Waals surface area (Å²) in [4.78, 5) is 14.2. The molecule has 6 nitrogen and oxygen atoms in total. The van der Waals surface area contributed by atoms with E-state index in [0.29, 0.717) is 24.5 Å². The molecule has 1 atom stereocenters. The fourth-order valence-electron chi connectivity index (χ4n) is 2.54. The number of nitrogen functional groups attached to an aromatic ring is 1. The van der Waals surface area contributed by atoms with Crippen molar-refractivity contribution in [1.29, 1.82) is 0 Å². The molecule has 2 heterocycles. The Bertz CT molecular complexity index is 653. The van der Waals surface area contributed by atoms with Crippen LogP contribution in [0.2, 0.25) is 0 Å². The lowest BCUT2D eigenvalue weighted by atomic mass is 10.3. The number of hydrogen-bond acceptors (Lipinski definition) is 4. The molecule has 1 aliphatic heterocycles. The third kappa shape index (κ3) is 2.62. The van der Waals surface area contributed by atoms with E-state index in [9.17, 15) is 4.79 Å². The van der Waals surface area contributed by atoms with Gasteiger partial charge in [0.2, 0.25) is 0 Å². The second-order valence-electron chi connectivity index (χ2n) is 5.10. The van der Waals surface area contributed by atoms with Gasteiger partial charge in [-0.3, -0.25) is 4.79 Å². The number of aromatic nitrogens is 2. The monoisotopic (exact) mass is 286 g/mol. The van der Waals surface area contributed by atoms with Gasteiger partial charge in [0, 0.05) is 26.4 Å². The van der Waals surface area contributed by atoms with E-state index in [0.717, 1.165) is 12.1 Å². The third-order valence-electron chi connectivity index (χ3n) is 3.76. The molecule has 1 saturated heterocycles. The summed E-state index contributed by atoms with van der Waals surface area (Å²) < 4.78 is 6.91. The molecule has 1 aromatic carbocycles. The lowest BCUT2D eigenvalue weighted by molar-refractivity contribution is 0.0718. The second kappa shape index (κ2) is 5.57. The minimum absolute atomic E-state index is 0.0668. The molecule has 0 radical (unpaired) electrons. The molecule has 2 aromatic rings. The molecule has 2 N–H and O–H groups in total. The van der Waals surface area contributed by atoms with Crippen molar-refractivity contribution in [1.82, 2.24) is 14.7 Å². The number of benzene rings is 1. The fourth-order valence-corrected chi connectivity index (χ4v) is 2.54. The Morgan fingerprint density at radius 2 is 2.19 bits per heavy atom. The van der Waals surface area contributed by atoms with Crippen LogP contribution in [0.5, 0.6) is 0 Å². The van der Waals surface area contributed by atoms with Crippen molar-refractivity contribution >= 4 is 11.6 Å². The van der Waals surface area contributed by atoms with Gasteiger partial charge in [0.25, 0.3) is 5.91 Å². The highest BCUT2D eigenvalue weighted by Crippen LogP contribution is 2.18. The van der Waals surface area contributed by atoms with E-state index >= 15 is 0 Å². The topological polar surface area (TPSA) is 73.4 Å². The van der Waals surface area contributed by atoms with Gasteiger partial charge in [0.15, 0.2) is 5.69 Å². The van der Waals surface area contributed by atoms with Crippen molar-refractivity contribution in [2.75, 3.05) is 25.9 Å². The molecule has 0 bridgehead atoms. The van der Waals surface area contributed by atoms with Crippen LogP contribution in [0.3, 0.4) is 0 Å². The normalized spacial score (nSPS) is 18.1. The van der Waals surface area contributed by atoms with E-state index < -0.39 is 0 Å². The van der Waals surface area contributed by atoms with Crippen LogP contribution in [0.25, 0.3) is 5.69 Å². The molecular weight excluding hydrogens is 268 g/mol. The van der Waals surface area contributed by atoms with Gasteiger partial charge >= 0.3 is 0 Å². The largest absolute Gasteiger partial charge is 0.397 e. The number of anilines is 1. The molecule has 6 heteroatoms. The average molecular weight is 286 g/mol. The zero-order valence-corrected chi connectivity index (χ0v) is 11.9. The Hall–Kier alpha value is -2.34. The summed E-state index contributed by atoms with van der Waals surface area (Å²) in [6, 6.07) is 9.15. The maximum Gasteiger partial charge on any atom is 0.274 e. The molecule has 110 valence electrons. The summed E-state index contributed by atoms with van der Waals surface area (Å²) in [7, 11) is 1.67. The maximum absolute atomic E-state index is 12.4. The van der Waals surface area contributed by atoms with Crippen LogP contribution in [0.4, 0.5) is 5.69 Å². The summed E-state index contributed by atoms with van der Waals surface area (Å²) in [6.07, 6.45) is 2.75. The minimum atomic E-state index is -0.0668. The Balaban J connectivity index is 1.79. The van der Waals surface area contributed by atoms with Gasteiger partial charge in [0.1, 0.15) is 0 Å². The van der Waals surface area contributed by atoms with Crippen LogP contribution < -0.4 is 5.73 Å². The van der Waals surface area contributed by atoms with Crippen molar-refractivity contribution in [2.24, 2.45) is 0 Å². The van der Waals surface area contributed by atoms with Crippen LogP contribution in [-0.4, -0.2) is 46.9 Å². The Morgan fingerprint density at radius 1 is 1.38 bits per heavy atom. The molecule has 1 unspecified atom stereocenters. The van der Waals surface area contributed by atoms with Crippen LogP contribution in [0.15, 0.2) is 36.5 Å². The first-order chi connectivity index (χ1) is 10.2. The van der Waals surface area contributed by atoms with E-state index in [-0.39, 0.29) is 12.0 Å². The van der Waals surface area contributed by atoms with E-state index in [1.54, 1.807) is 29.0 Å². The second-order valence-corrected chi connectivity index (χ2v) is 5.10. The van der Waals surface area contributed by atoms with Crippen LogP contribution in [-0.2, 0) is 4.74 Å². The minimum Gasteiger partial charge on any atom is -0.397 e. The lowest BCUT2D eigenvalue weighted by Crippen LogP contribution is -2.30. The van der Waals surface area contributed by atoms with Crippen LogP contribution in [0.1, 0.15) is 16.9 Å². The van der Waals surface area contributed by atoms with Crippen molar-refractivity contribution in [3.63, 3.8) is 0 Å². The highest BCUT2D eigenvalue weighted by atomic mass is 16.5. The molecule has 0 spiro atoms. The molecule has 21 heavy (non-hydrogen) atoms. The first-order valence-electron chi connectivity index (χ1n) is 6.91. The van der Waals surface area contributed by atoms with Crippen molar-refractivity contribution < 1.29 is 9.53 Å². The van der Waals surface area contributed by atoms with Gasteiger partial charge in [-0.2, -0.15) is 5.10 Å². The summed E-state index contributed by atoms with van der Waals surface area (Å²) >= 11 is 0. The first-order valence-corrected chi connectivity index (χ1v) is 6.91. The zero-order valence-electron chi connectivity index (χ0n) is 11.9. The summed E-state index contributed by atoms with van der Waals surface area (Å²) in [5, 5.41) is 4.34. The number of nitrogens with zero attached hydrogens (tertiary/aromatic N) is 3. The molecule has 1 aliphatic rings. The summed E-state index contributed by atoms with van der Waals surface area (Å²) in [6.45, 7) is 1.33. The smallest absolute Gasteiger partial charge is 0.274 e. The molecular formula is C15H18N4O2. The van der Waals surface area contributed by atoms with Gasteiger partial charge in [-0.1, -0.05) is 12.1 Å². The Labute approximate surface area is 123 Å². The number of carbonyl (C=O) groups excluding carboxylic acids is 1. The molecule has 0 aliphatic carbocycles. The highest BCUT2D eigenvalue weighted by molar-refractivity contribution is 5.92. The van der Waals surface area contributed by atoms with Crippen molar-refractivity contribution in [3.05, 3.63) is 42.2 Å². The number of rotatable bonds is 3. The highest BCUT2D eigenvalue weighted by Gasteiger charge is 2.28. The van der Waals surface area contributed by atoms with Crippen LogP contribution in [0, 0.1) is 0 Å². The number of nitrogens with two attached hydrogens (primary N) is 1. The molecule has 1 aromatic heterocycles. The number of ether oxygens (including phenoxy) is 1. The number of amides is 1. The van der Waals surface area contributed by atoms with E-state index in [1.165, 1.54) is 0 Å². The number of likely N-dealkylation sites (tertiary alicyclic amines) is 1. The summed E-state index contributed by atoms with van der Waals surface area (Å²) in [5.41, 5.74) is 7.75. The van der Waals surface area contributed by atoms with Gasteiger partial charge < -0.3 is 15.4 Å². The quantitative estimate of drug-likeness (QED) is 0.864. The lowest BCUT2D eigenvalue weighted by Gasteiger charge is -2.14. The van der Waals surface area contributed by atoms with E-state index in [4.69, 9.17) is 10.5 Å². The number of methoxy groups -OCH3 is 1. The van der Waals surface area contributed by atoms with E-state index in [2.05, 4.69) is 5.10 Å². The maximum atomic E-state index is 12.4. The SMILES string of the molecule is COC1CCN(C(=O)c2ccn(-c3ccccc3N)n2)C1. The molecule has 3 rings (SSSR count). The van der Waals surface area contributed by atoms with Gasteiger partial charge in [-0.15, -0.1) is 0 Å². The predicted molar refractivity (Wildman–Crippen MR) is 79.3 cm³/mol. The Kier molecular flexibility index (Phi) is 3.62. The van der Waals surface area contributed by atoms with Crippen molar-refractivity contribution in [3.8, 4) is 5.69 Å². The molecule has 1 fully saturated rings. The van der Waals surface area contributed by atoms with Crippen LogP contribution >= 0.6 is 0 Å². The van der Waals surface area contributed by atoms with Gasteiger partial charge in [-0.05, 0) is 24.6 Å². The van der Waals surface area contributed by atoms with Gasteiger partial charge in [0.05, 0.1) is 17.5 Å². The summed E-state index contributed by atoms with van der Waals surface area (Å²) in [5.74, 6) is -0.0668.